The molecule has 170 valence electrons. The lowest BCUT2D eigenvalue weighted by molar-refractivity contribution is -0.116. The van der Waals surface area contributed by atoms with Gasteiger partial charge in [-0.3, -0.25) is 23.4 Å². The van der Waals surface area contributed by atoms with Crippen LogP contribution in [0.2, 0.25) is 0 Å². The van der Waals surface area contributed by atoms with Gasteiger partial charge < -0.3 is 5.32 Å². The molecule has 0 saturated carbocycles. The minimum Gasteiger partial charge on any atom is -0.324 e. The molecule has 4 rings (SSSR count). The van der Waals surface area contributed by atoms with Crippen LogP contribution in [0.1, 0.15) is 30.7 Å². The van der Waals surface area contributed by atoms with E-state index in [-0.39, 0.29) is 19.0 Å². The number of nitrogens with zero attached hydrogens (tertiary/aromatic N) is 4. The van der Waals surface area contributed by atoms with E-state index in [1.54, 1.807) is 11.6 Å². The first-order valence-electron chi connectivity index (χ1n) is 11.1. The quantitative estimate of drug-likeness (QED) is 0.474. The Balaban J connectivity index is 1.83. The Hall–Kier alpha value is -3.94. The number of amides is 1. The van der Waals surface area contributed by atoms with E-state index in [1.165, 1.54) is 9.13 Å². The van der Waals surface area contributed by atoms with Crippen molar-refractivity contribution in [1.82, 2.24) is 18.9 Å². The van der Waals surface area contributed by atoms with Crippen molar-refractivity contribution < 1.29 is 4.79 Å². The molecule has 0 aliphatic rings. The summed E-state index contributed by atoms with van der Waals surface area (Å²) in [6.45, 7) is 6.01. The summed E-state index contributed by atoms with van der Waals surface area (Å²) in [6, 6.07) is 16.9. The molecule has 0 fully saturated rings. The van der Waals surface area contributed by atoms with Crippen molar-refractivity contribution in [2.45, 2.75) is 46.8 Å². The second kappa shape index (κ2) is 9.28. The number of fused-ring (bicyclic) bond motifs is 1. The Bertz CT molecular complexity index is 1430. The first-order valence-corrected chi connectivity index (χ1v) is 11.1. The zero-order valence-corrected chi connectivity index (χ0v) is 19.0. The van der Waals surface area contributed by atoms with Crippen LogP contribution in [0, 0.1) is 6.92 Å². The van der Waals surface area contributed by atoms with Gasteiger partial charge >= 0.3 is 5.69 Å². The standard InChI is InChI=1S/C25H27N5O3/c1-4-19-13-9-10-14-20(19)26-21(31)16-28-22-17(3)27-30(5-2)23(22)24(32)29(25(28)33)15-18-11-7-6-8-12-18/h6-14H,4-5,15-16H2,1-3H3,(H,26,31). The number of aryl methyl sites for hydroxylation is 3. The van der Waals surface area contributed by atoms with E-state index in [4.69, 9.17) is 0 Å². The summed E-state index contributed by atoms with van der Waals surface area (Å²) in [5, 5.41) is 7.36. The van der Waals surface area contributed by atoms with Gasteiger partial charge in [-0.25, -0.2) is 4.79 Å². The predicted molar refractivity (Wildman–Crippen MR) is 129 cm³/mol. The van der Waals surface area contributed by atoms with Gasteiger partial charge in [-0.05, 0) is 37.5 Å². The highest BCUT2D eigenvalue weighted by atomic mass is 16.2. The fourth-order valence-corrected chi connectivity index (χ4v) is 4.13. The molecule has 0 saturated heterocycles. The molecule has 1 amide bonds. The molecule has 1 N–H and O–H groups in total. The summed E-state index contributed by atoms with van der Waals surface area (Å²) >= 11 is 0. The van der Waals surface area contributed by atoms with E-state index in [9.17, 15) is 14.4 Å². The van der Waals surface area contributed by atoms with E-state index in [1.807, 2.05) is 68.4 Å². The van der Waals surface area contributed by atoms with Crippen LogP contribution >= 0.6 is 0 Å². The molecule has 0 spiro atoms. The number of carbonyl (C=O) groups is 1. The second-order valence-corrected chi connectivity index (χ2v) is 7.90. The molecule has 0 atom stereocenters. The van der Waals surface area contributed by atoms with Crippen LogP contribution in [-0.2, 0) is 30.8 Å². The number of nitrogens with one attached hydrogen (secondary N) is 1. The Labute approximate surface area is 191 Å². The Morgan fingerprint density at radius 2 is 1.64 bits per heavy atom. The normalized spacial score (nSPS) is 11.1. The molecule has 33 heavy (non-hydrogen) atoms. The fourth-order valence-electron chi connectivity index (χ4n) is 4.13. The van der Waals surface area contributed by atoms with Crippen molar-refractivity contribution in [2.75, 3.05) is 5.32 Å². The van der Waals surface area contributed by atoms with Gasteiger partial charge in [-0.2, -0.15) is 5.10 Å². The van der Waals surface area contributed by atoms with Crippen LogP contribution in [0.3, 0.4) is 0 Å². The van der Waals surface area contributed by atoms with Crippen molar-refractivity contribution in [3.05, 3.63) is 92.3 Å². The number of carbonyl (C=O) groups excluding carboxylic acids is 1. The molecule has 4 aromatic rings. The average molecular weight is 446 g/mol. The van der Waals surface area contributed by atoms with Gasteiger partial charge in [0.05, 0.1) is 12.2 Å². The summed E-state index contributed by atoms with van der Waals surface area (Å²) in [6.07, 6.45) is 0.769. The summed E-state index contributed by atoms with van der Waals surface area (Å²) in [5.41, 5.74) is 2.86. The zero-order chi connectivity index (χ0) is 23.5. The van der Waals surface area contributed by atoms with E-state index in [0.29, 0.717) is 29.0 Å². The van der Waals surface area contributed by atoms with E-state index in [0.717, 1.165) is 17.5 Å². The maximum absolute atomic E-state index is 13.5. The summed E-state index contributed by atoms with van der Waals surface area (Å²) < 4.78 is 4.13. The lowest BCUT2D eigenvalue weighted by Crippen LogP contribution is -2.42. The highest BCUT2D eigenvalue weighted by Crippen LogP contribution is 2.17. The molecule has 0 radical (unpaired) electrons. The van der Waals surface area contributed by atoms with Gasteiger partial charge in [0.15, 0.2) is 5.52 Å². The molecular weight excluding hydrogens is 418 g/mol. The Morgan fingerprint density at radius 3 is 2.33 bits per heavy atom. The summed E-state index contributed by atoms with van der Waals surface area (Å²) in [5.74, 6) is -0.340. The number of aromatic nitrogens is 4. The minimum atomic E-state index is -0.533. The van der Waals surface area contributed by atoms with Crippen LogP contribution in [0.4, 0.5) is 5.69 Å². The molecular formula is C25H27N5O3. The fraction of sp³-hybridized carbons (Fsp3) is 0.280. The molecule has 8 heteroatoms. The van der Waals surface area contributed by atoms with Crippen LogP contribution in [0.5, 0.6) is 0 Å². The maximum atomic E-state index is 13.5. The number of para-hydroxylation sites is 1. The van der Waals surface area contributed by atoms with E-state index in [2.05, 4.69) is 10.4 Å². The maximum Gasteiger partial charge on any atom is 0.332 e. The lowest BCUT2D eigenvalue weighted by Gasteiger charge is -2.14. The summed E-state index contributed by atoms with van der Waals surface area (Å²) in [7, 11) is 0. The highest BCUT2D eigenvalue weighted by molar-refractivity contribution is 5.92. The number of anilines is 1. The van der Waals surface area contributed by atoms with Crippen LogP contribution in [-0.4, -0.2) is 24.8 Å². The molecule has 0 aliphatic carbocycles. The predicted octanol–water partition coefficient (Wildman–Crippen LogP) is 2.94. The van der Waals surface area contributed by atoms with Crippen LogP contribution in [0.15, 0.2) is 64.2 Å². The number of hydrogen-bond acceptors (Lipinski definition) is 4. The van der Waals surface area contributed by atoms with Gasteiger partial charge in [0, 0.05) is 12.2 Å². The van der Waals surface area contributed by atoms with Gasteiger partial charge in [-0.1, -0.05) is 55.5 Å². The monoisotopic (exact) mass is 445 g/mol. The van der Waals surface area contributed by atoms with Crippen molar-refractivity contribution >= 4 is 22.6 Å². The average Bonchev–Trinajstić information content (AvgIpc) is 3.16. The van der Waals surface area contributed by atoms with Crippen molar-refractivity contribution in [2.24, 2.45) is 0 Å². The third-order valence-corrected chi connectivity index (χ3v) is 5.73. The van der Waals surface area contributed by atoms with Gasteiger partial charge in [0.1, 0.15) is 12.1 Å². The Kier molecular flexibility index (Phi) is 6.26. The van der Waals surface area contributed by atoms with Gasteiger partial charge in [-0.15, -0.1) is 0 Å². The number of benzene rings is 2. The van der Waals surface area contributed by atoms with Gasteiger partial charge in [0.2, 0.25) is 5.91 Å². The van der Waals surface area contributed by atoms with Crippen molar-refractivity contribution in [3.8, 4) is 0 Å². The SMILES string of the molecule is CCc1ccccc1NC(=O)Cn1c(=O)n(Cc2ccccc2)c(=O)c2c1c(C)nn2CC. The minimum absolute atomic E-state index is 0.114. The largest absolute Gasteiger partial charge is 0.332 e. The molecule has 0 bridgehead atoms. The summed E-state index contributed by atoms with van der Waals surface area (Å²) in [4.78, 5) is 39.8. The van der Waals surface area contributed by atoms with Gasteiger partial charge in [0.25, 0.3) is 5.56 Å². The number of hydrogen-bond donors (Lipinski definition) is 1. The third-order valence-electron chi connectivity index (χ3n) is 5.73. The molecule has 2 heterocycles. The van der Waals surface area contributed by atoms with E-state index < -0.39 is 11.2 Å². The van der Waals surface area contributed by atoms with Crippen molar-refractivity contribution in [3.63, 3.8) is 0 Å². The molecule has 0 unspecified atom stereocenters. The Morgan fingerprint density at radius 1 is 0.939 bits per heavy atom. The number of rotatable bonds is 7. The highest BCUT2D eigenvalue weighted by Gasteiger charge is 2.22. The van der Waals surface area contributed by atoms with Crippen molar-refractivity contribution in [1.29, 1.82) is 0 Å². The molecule has 8 nitrogen and oxygen atoms in total. The van der Waals surface area contributed by atoms with Crippen LogP contribution in [0.25, 0.3) is 11.0 Å². The van der Waals surface area contributed by atoms with Crippen LogP contribution < -0.4 is 16.6 Å². The molecule has 2 aromatic heterocycles. The smallest absolute Gasteiger partial charge is 0.324 e. The zero-order valence-electron chi connectivity index (χ0n) is 19.0. The third kappa shape index (κ3) is 4.24. The molecule has 0 aliphatic heterocycles. The lowest BCUT2D eigenvalue weighted by atomic mass is 10.1. The second-order valence-electron chi connectivity index (χ2n) is 7.90. The topological polar surface area (TPSA) is 90.9 Å². The first kappa shape index (κ1) is 22.3. The molecule has 2 aromatic carbocycles. The van der Waals surface area contributed by atoms with E-state index >= 15 is 0 Å². The first-order chi connectivity index (χ1) is 15.9.